The normalized spacial score (nSPS) is 11.7. The van der Waals surface area contributed by atoms with Crippen molar-refractivity contribution in [2.75, 3.05) is 0 Å². The summed E-state index contributed by atoms with van der Waals surface area (Å²) >= 11 is 1.69. The van der Waals surface area contributed by atoms with Gasteiger partial charge in [0.15, 0.2) is 0 Å². The minimum absolute atomic E-state index is 0.129. The van der Waals surface area contributed by atoms with Crippen LogP contribution in [0.3, 0.4) is 0 Å². The molecule has 0 N–H and O–H groups in total. The Morgan fingerprint density at radius 2 is 2.07 bits per heavy atom. The highest BCUT2D eigenvalue weighted by atomic mass is 32.1. The third kappa shape index (κ3) is 2.26. The van der Waals surface area contributed by atoms with Gasteiger partial charge in [-0.05, 0) is 6.07 Å². The predicted molar refractivity (Wildman–Crippen MR) is 65.1 cm³/mol. The number of thiazole rings is 1. The van der Waals surface area contributed by atoms with Crippen LogP contribution in [0.15, 0.2) is 29.6 Å². The zero-order valence-electron chi connectivity index (χ0n) is 9.24. The summed E-state index contributed by atoms with van der Waals surface area (Å²) in [6.07, 6.45) is 0. The Bertz CT molecular complexity index is 437. The van der Waals surface area contributed by atoms with Crippen LogP contribution in [0.2, 0.25) is 0 Å². The maximum Gasteiger partial charge on any atom is 0.124 e. The third-order valence-electron chi connectivity index (χ3n) is 2.21. The first-order valence-electron chi connectivity index (χ1n) is 5.00. The molecule has 0 saturated heterocycles. The van der Waals surface area contributed by atoms with Gasteiger partial charge in [-0.2, -0.15) is 0 Å². The number of nitrogens with zero attached hydrogens (tertiary/aromatic N) is 1. The van der Waals surface area contributed by atoms with Gasteiger partial charge >= 0.3 is 0 Å². The van der Waals surface area contributed by atoms with Crippen LogP contribution < -0.4 is 0 Å². The van der Waals surface area contributed by atoms with Crippen LogP contribution in [0.1, 0.15) is 26.5 Å². The quantitative estimate of drug-likeness (QED) is 0.704. The Balaban J connectivity index is 2.37. The SMILES string of the molecule is CC(C)(C)c1csc(-c2[c]cccc2)n1. The molecule has 0 unspecified atom stereocenters. The van der Waals surface area contributed by atoms with Crippen LogP contribution in [-0.4, -0.2) is 4.98 Å². The van der Waals surface area contributed by atoms with Crippen molar-refractivity contribution >= 4 is 11.3 Å². The molecule has 0 bridgehead atoms. The average Bonchev–Trinajstić information content (AvgIpc) is 2.67. The van der Waals surface area contributed by atoms with Crippen LogP contribution in [0, 0.1) is 6.07 Å². The molecule has 1 nitrogen and oxygen atoms in total. The molecule has 1 heterocycles. The fraction of sp³-hybridized carbons (Fsp3) is 0.308. The Morgan fingerprint density at radius 3 is 2.60 bits per heavy atom. The maximum atomic E-state index is 4.64. The van der Waals surface area contributed by atoms with Gasteiger partial charge < -0.3 is 0 Å². The van der Waals surface area contributed by atoms with Gasteiger partial charge in [-0.15, -0.1) is 11.3 Å². The fourth-order valence-corrected chi connectivity index (χ4v) is 2.30. The number of hydrogen-bond donors (Lipinski definition) is 0. The number of rotatable bonds is 1. The van der Waals surface area contributed by atoms with Gasteiger partial charge in [0.25, 0.3) is 0 Å². The van der Waals surface area contributed by atoms with Gasteiger partial charge in [-0.25, -0.2) is 4.98 Å². The molecule has 0 amide bonds. The smallest absolute Gasteiger partial charge is 0.124 e. The first-order valence-corrected chi connectivity index (χ1v) is 5.88. The Hall–Kier alpha value is -1.15. The minimum Gasteiger partial charge on any atom is -0.241 e. The topological polar surface area (TPSA) is 12.9 Å². The zero-order chi connectivity index (χ0) is 10.9. The number of hydrogen-bond acceptors (Lipinski definition) is 2. The van der Waals surface area contributed by atoms with Gasteiger partial charge in [0.1, 0.15) is 5.01 Å². The maximum absolute atomic E-state index is 4.64. The second kappa shape index (κ2) is 3.78. The largest absolute Gasteiger partial charge is 0.241 e. The lowest BCUT2D eigenvalue weighted by Crippen LogP contribution is -2.11. The standard InChI is InChI=1S/C13H14NS/c1-13(2,3)11-9-15-12(14-11)10-7-5-4-6-8-10/h4-7,9H,1-3H3. The van der Waals surface area contributed by atoms with E-state index in [0.717, 1.165) is 16.3 Å². The summed E-state index contributed by atoms with van der Waals surface area (Å²) in [5.74, 6) is 0. The molecule has 0 aliphatic rings. The first kappa shape index (κ1) is 10.4. The predicted octanol–water partition coefficient (Wildman–Crippen LogP) is 3.91. The summed E-state index contributed by atoms with van der Waals surface area (Å²) in [5, 5.41) is 3.19. The summed E-state index contributed by atoms with van der Waals surface area (Å²) in [4.78, 5) is 4.64. The van der Waals surface area contributed by atoms with E-state index < -0.39 is 0 Å². The molecule has 1 radical (unpaired) electrons. The molecular formula is C13H14NS. The van der Waals surface area contributed by atoms with Gasteiger partial charge in [-0.1, -0.05) is 45.0 Å². The summed E-state index contributed by atoms with van der Waals surface area (Å²) in [7, 11) is 0. The second-order valence-corrected chi connectivity index (χ2v) is 5.42. The van der Waals surface area contributed by atoms with E-state index in [1.807, 2.05) is 24.3 Å². The lowest BCUT2D eigenvalue weighted by Gasteiger charge is -2.14. The molecular weight excluding hydrogens is 202 g/mol. The summed E-state index contributed by atoms with van der Waals surface area (Å²) in [5.41, 5.74) is 2.36. The van der Waals surface area contributed by atoms with Crippen LogP contribution >= 0.6 is 11.3 Å². The summed E-state index contributed by atoms with van der Waals surface area (Å²) in [6.45, 7) is 6.54. The number of aromatic nitrogens is 1. The fourth-order valence-electron chi connectivity index (χ4n) is 1.27. The van der Waals surface area contributed by atoms with Crippen LogP contribution in [0.25, 0.3) is 10.6 Å². The Morgan fingerprint density at radius 1 is 1.27 bits per heavy atom. The Kier molecular flexibility index (Phi) is 2.61. The van der Waals surface area contributed by atoms with E-state index in [2.05, 4.69) is 37.2 Å². The molecule has 0 fully saturated rings. The molecule has 0 saturated carbocycles. The van der Waals surface area contributed by atoms with Gasteiger partial charge in [-0.3, -0.25) is 0 Å². The molecule has 2 heteroatoms. The first-order chi connectivity index (χ1) is 7.07. The lowest BCUT2D eigenvalue weighted by molar-refractivity contribution is 0.573. The van der Waals surface area contributed by atoms with Crippen molar-refractivity contribution in [2.45, 2.75) is 26.2 Å². The molecule has 77 valence electrons. The lowest BCUT2D eigenvalue weighted by atomic mass is 9.93. The van der Waals surface area contributed by atoms with Crippen molar-refractivity contribution in [3.8, 4) is 10.6 Å². The molecule has 0 aliphatic heterocycles. The zero-order valence-corrected chi connectivity index (χ0v) is 10.1. The van der Waals surface area contributed by atoms with E-state index in [1.165, 1.54) is 0 Å². The van der Waals surface area contributed by atoms with E-state index >= 15 is 0 Å². The van der Waals surface area contributed by atoms with E-state index in [0.29, 0.717) is 0 Å². The average molecular weight is 216 g/mol. The van der Waals surface area contributed by atoms with Crippen molar-refractivity contribution in [1.82, 2.24) is 4.98 Å². The summed E-state index contributed by atoms with van der Waals surface area (Å²) in [6, 6.07) is 11.2. The number of benzene rings is 1. The van der Waals surface area contributed by atoms with E-state index in [4.69, 9.17) is 0 Å². The second-order valence-electron chi connectivity index (χ2n) is 4.56. The highest BCUT2D eigenvalue weighted by Gasteiger charge is 2.17. The molecule has 15 heavy (non-hydrogen) atoms. The van der Waals surface area contributed by atoms with Gasteiger partial charge in [0.2, 0.25) is 0 Å². The molecule has 1 aromatic carbocycles. The van der Waals surface area contributed by atoms with Crippen molar-refractivity contribution in [3.63, 3.8) is 0 Å². The van der Waals surface area contributed by atoms with Crippen LogP contribution in [0.4, 0.5) is 0 Å². The van der Waals surface area contributed by atoms with Crippen molar-refractivity contribution in [3.05, 3.63) is 41.4 Å². The van der Waals surface area contributed by atoms with Crippen LogP contribution in [0.5, 0.6) is 0 Å². The highest BCUT2D eigenvalue weighted by molar-refractivity contribution is 7.13. The van der Waals surface area contributed by atoms with Crippen molar-refractivity contribution in [1.29, 1.82) is 0 Å². The van der Waals surface area contributed by atoms with Gasteiger partial charge in [0.05, 0.1) is 5.69 Å². The van der Waals surface area contributed by atoms with Crippen molar-refractivity contribution in [2.24, 2.45) is 0 Å². The minimum atomic E-state index is 0.129. The van der Waals surface area contributed by atoms with Crippen molar-refractivity contribution < 1.29 is 0 Å². The highest BCUT2D eigenvalue weighted by Crippen LogP contribution is 2.29. The monoisotopic (exact) mass is 216 g/mol. The molecule has 1 aromatic heterocycles. The van der Waals surface area contributed by atoms with Gasteiger partial charge in [0, 0.05) is 16.4 Å². The van der Waals surface area contributed by atoms with E-state index in [-0.39, 0.29) is 5.41 Å². The van der Waals surface area contributed by atoms with Crippen LogP contribution in [-0.2, 0) is 5.41 Å². The van der Waals surface area contributed by atoms with E-state index in [9.17, 15) is 0 Å². The summed E-state index contributed by atoms with van der Waals surface area (Å²) < 4.78 is 0. The molecule has 2 aromatic rings. The van der Waals surface area contributed by atoms with E-state index in [1.54, 1.807) is 11.3 Å². The molecule has 0 atom stereocenters. The Labute approximate surface area is 94.8 Å². The molecule has 0 spiro atoms. The third-order valence-corrected chi connectivity index (χ3v) is 3.09. The molecule has 2 rings (SSSR count). The molecule has 0 aliphatic carbocycles.